The number of halogens is 1. The number of hydrogen-bond donors (Lipinski definition) is 1. The van der Waals surface area contributed by atoms with Gasteiger partial charge in [-0.1, -0.05) is 18.0 Å². The van der Waals surface area contributed by atoms with Crippen molar-refractivity contribution in [3.8, 4) is 0 Å². The molecule has 0 unspecified atom stereocenters. The Hall–Kier alpha value is -0.630. The molecule has 1 aliphatic carbocycles. The zero-order valence-electron chi connectivity index (χ0n) is 10.6. The summed E-state index contributed by atoms with van der Waals surface area (Å²) >= 11 is 8.27. The second kappa shape index (κ2) is 5.63. The Morgan fingerprint density at radius 3 is 2.70 bits per heavy atom. The van der Waals surface area contributed by atoms with E-state index in [0.29, 0.717) is 9.47 Å². The highest BCUT2D eigenvalue weighted by Gasteiger charge is 2.20. The number of anilines is 1. The standard InChI is InChI=1S/C12H13ClN2O2S3/c13-10-6-7-11(19-10)20(16,17)15-12-14-8-4-2-1-3-5-9(8)18-12/h6-7H,1-5H2,(H,14,15). The van der Waals surface area contributed by atoms with E-state index in [-0.39, 0.29) is 4.21 Å². The van der Waals surface area contributed by atoms with Crippen LogP contribution in [0, 0.1) is 0 Å². The van der Waals surface area contributed by atoms with Gasteiger partial charge in [0.2, 0.25) is 0 Å². The maximum atomic E-state index is 12.2. The van der Waals surface area contributed by atoms with Crippen molar-refractivity contribution in [1.29, 1.82) is 0 Å². The molecule has 1 aliphatic rings. The van der Waals surface area contributed by atoms with Gasteiger partial charge in [-0.15, -0.1) is 22.7 Å². The number of fused-ring (bicyclic) bond motifs is 1. The van der Waals surface area contributed by atoms with Gasteiger partial charge < -0.3 is 0 Å². The molecule has 0 fully saturated rings. The summed E-state index contributed by atoms with van der Waals surface area (Å²) in [6, 6.07) is 3.09. The fourth-order valence-corrected chi connectivity index (χ4v) is 5.95. The highest BCUT2D eigenvalue weighted by Crippen LogP contribution is 2.32. The van der Waals surface area contributed by atoms with Crippen LogP contribution in [0.15, 0.2) is 16.3 Å². The summed E-state index contributed by atoms with van der Waals surface area (Å²) < 4.78 is 27.6. The minimum atomic E-state index is -3.57. The van der Waals surface area contributed by atoms with E-state index < -0.39 is 10.0 Å². The summed E-state index contributed by atoms with van der Waals surface area (Å²) in [4.78, 5) is 5.64. The van der Waals surface area contributed by atoms with Crippen LogP contribution in [-0.2, 0) is 22.9 Å². The average molecular weight is 349 g/mol. The van der Waals surface area contributed by atoms with E-state index in [1.54, 1.807) is 6.07 Å². The zero-order chi connectivity index (χ0) is 14.2. The third-order valence-electron chi connectivity index (χ3n) is 3.13. The number of thiazole rings is 1. The Labute approximate surface area is 130 Å². The lowest BCUT2D eigenvalue weighted by molar-refractivity contribution is 0.603. The molecule has 3 rings (SSSR count). The Balaban J connectivity index is 1.84. The third kappa shape index (κ3) is 3.00. The lowest BCUT2D eigenvalue weighted by atomic mass is 10.2. The number of rotatable bonds is 3. The highest BCUT2D eigenvalue weighted by atomic mass is 35.5. The summed E-state index contributed by atoms with van der Waals surface area (Å²) in [7, 11) is -3.57. The summed E-state index contributed by atoms with van der Waals surface area (Å²) in [6.07, 6.45) is 5.45. The van der Waals surface area contributed by atoms with Crippen LogP contribution in [0.2, 0.25) is 4.34 Å². The molecule has 0 radical (unpaired) electrons. The van der Waals surface area contributed by atoms with Crippen LogP contribution in [0.25, 0.3) is 0 Å². The van der Waals surface area contributed by atoms with E-state index in [1.165, 1.54) is 28.7 Å². The van der Waals surface area contributed by atoms with Gasteiger partial charge in [-0.3, -0.25) is 4.72 Å². The van der Waals surface area contributed by atoms with Gasteiger partial charge in [0.15, 0.2) is 5.13 Å². The molecular formula is C12H13ClN2O2S3. The summed E-state index contributed by atoms with van der Waals surface area (Å²) in [6.45, 7) is 0. The number of sulfonamides is 1. The molecule has 108 valence electrons. The lowest BCUT2D eigenvalue weighted by Gasteiger charge is -2.01. The number of aromatic nitrogens is 1. The lowest BCUT2D eigenvalue weighted by Crippen LogP contribution is -2.11. The molecule has 4 nitrogen and oxygen atoms in total. The van der Waals surface area contributed by atoms with Crippen LogP contribution >= 0.6 is 34.3 Å². The van der Waals surface area contributed by atoms with Crippen molar-refractivity contribution < 1.29 is 8.42 Å². The first-order chi connectivity index (χ1) is 9.54. The summed E-state index contributed by atoms with van der Waals surface area (Å²) in [5.74, 6) is 0. The summed E-state index contributed by atoms with van der Waals surface area (Å²) in [5, 5.41) is 0.460. The number of aryl methyl sites for hydroxylation is 2. The first kappa shape index (κ1) is 14.3. The summed E-state index contributed by atoms with van der Waals surface area (Å²) in [5.41, 5.74) is 1.05. The van der Waals surface area contributed by atoms with Crippen molar-refractivity contribution in [3.63, 3.8) is 0 Å². The topological polar surface area (TPSA) is 59.1 Å². The zero-order valence-corrected chi connectivity index (χ0v) is 13.8. The van der Waals surface area contributed by atoms with E-state index in [9.17, 15) is 8.42 Å². The Morgan fingerprint density at radius 2 is 1.95 bits per heavy atom. The van der Waals surface area contributed by atoms with Crippen molar-refractivity contribution in [2.75, 3.05) is 4.72 Å². The molecule has 1 N–H and O–H groups in total. The van der Waals surface area contributed by atoms with Crippen LogP contribution in [0.5, 0.6) is 0 Å². The van der Waals surface area contributed by atoms with Crippen molar-refractivity contribution in [2.45, 2.75) is 36.3 Å². The normalized spacial score (nSPS) is 15.7. The van der Waals surface area contributed by atoms with Gasteiger partial charge >= 0.3 is 0 Å². The van der Waals surface area contributed by atoms with Gasteiger partial charge in [-0.05, 0) is 37.8 Å². The minimum Gasteiger partial charge on any atom is -0.254 e. The Bertz CT molecular complexity index is 697. The third-order valence-corrected chi connectivity index (χ3v) is 7.39. The monoisotopic (exact) mass is 348 g/mol. The van der Waals surface area contributed by atoms with Crippen molar-refractivity contribution in [3.05, 3.63) is 27.0 Å². The predicted octanol–water partition coefficient (Wildman–Crippen LogP) is 3.93. The molecule has 0 aliphatic heterocycles. The molecule has 0 atom stereocenters. The number of nitrogens with zero attached hydrogens (tertiary/aromatic N) is 1. The van der Waals surface area contributed by atoms with Crippen LogP contribution in [0.4, 0.5) is 5.13 Å². The fourth-order valence-electron chi connectivity index (χ4n) is 2.18. The smallest absolute Gasteiger partial charge is 0.254 e. The maximum Gasteiger partial charge on any atom is 0.273 e. The molecule has 0 saturated heterocycles. The van der Waals surface area contributed by atoms with Gasteiger partial charge in [0, 0.05) is 4.88 Å². The van der Waals surface area contributed by atoms with Crippen LogP contribution in [-0.4, -0.2) is 13.4 Å². The van der Waals surface area contributed by atoms with Crippen molar-refractivity contribution in [2.24, 2.45) is 0 Å². The quantitative estimate of drug-likeness (QED) is 0.855. The minimum absolute atomic E-state index is 0.216. The Morgan fingerprint density at radius 1 is 1.15 bits per heavy atom. The first-order valence-electron chi connectivity index (χ1n) is 6.31. The van der Waals surface area contributed by atoms with E-state index in [0.717, 1.165) is 42.7 Å². The molecule has 0 spiro atoms. The average Bonchev–Trinajstić information content (AvgIpc) is 2.91. The SMILES string of the molecule is O=S(=O)(Nc1nc2c(s1)CCCCC2)c1ccc(Cl)s1. The van der Waals surface area contributed by atoms with Gasteiger partial charge in [0.25, 0.3) is 10.0 Å². The molecule has 2 heterocycles. The van der Waals surface area contributed by atoms with E-state index in [4.69, 9.17) is 11.6 Å². The van der Waals surface area contributed by atoms with Crippen LogP contribution < -0.4 is 4.72 Å². The molecule has 0 amide bonds. The van der Waals surface area contributed by atoms with Crippen molar-refractivity contribution >= 4 is 49.4 Å². The van der Waals surface area contributed by atoms with Gasteiger partial charge in [0.1, 0.15) is 4.21 Å². The molecule has 0 aromatic carbocycles. The number of hydrogen-bond acceptors (Lipinski definition) is 5. The van der Waals surface area contributed by atoms with Gasteiger partial charge in [-0.25, -0.2) is 13.4 Å². The fraction of sp³-hybridized carbons (Fsp3) is 0.417. The van der Waals surface area contributed by atoms with Gasteiger partial charge in [0.05, 0.1) is 10.0 Å². The van der Waals surface area contributed by atoms with Crippen LogP contribution in [0.1, 0.15) is 29.8 Å². The molecule has 2 aromatic heterocycles. The molecule has 0 bridgehead atoms. The molecule has 20 heavy (non-hydrogen) atoms. The van der Waals surface area contributed by atoms with Crippen LogP contribution in [0.3, 0.4) is 0 Å². The van der Waals surface area contributed by atoms with E-state index in [1.807, 2.05) is 0 Å². The molecule has 2 aromatic rings. The highest BCUT2D eigenvalue weighted by molar-refractivity contribution is 7.94. The second-order valence-corrected chi connectivity index (χ2v) is 9.32. The molecule has 8 heteroatoms. The second-order valence-electron chi connectivity index (χ2n) is 4.61. The van der Waals surface area contributed by atoms with E-state index in [2.05, 4.69) is 9.71 Å². The maximum absolute atomic E-state index is 12.2. The predicted molar refractivity (Wildman–Crippen MR) is 83.5 cm³/mol. The Kier molecular flexibility index (Phi) is 4.03. The van der Waals surface area contributed by atoms with Gasteiger partial charge in [-0.2, -0.15) is 0 Å². The molecular weight excluding hydrogens is 336 g/mol. The molecule has 0 saturated carbocycles. The van der Waals surface area contributed by atoms with E-state index >= 15 is 0 Å². The largest absolute Gasteiger partial charge is 0.273 e. The number of nitrogens with one attached hydrogen (secondary N) is 1. The van der Waals surface area contributed by atoms with Crippen molar-refractivity contribution in [1.82, 2.24) is 4.98 Å². The number of thiophene rings is 1. The first-order valence-corrected chi connectivity index (χ1v) is 9.81.